The molecule has 0 spiro atoms. The lowest BCUT2D eigenvalue weighted by atomic mass is 10.1. The summed E-state index contributed by atoms with van der Waals surface area (Å²) in [6.07, 6.45) is -0.543. The Hall–Kier alpha value is -2.90. The second-order valence-corrected chi connectivity index (χ2v) is 7.45. The first-order valence-electron chi connectivity index (χ1n) is 9.59. The van der Waals surface area contributed by atoms with Crippen molar-refractivity contribution in [2.45, 2.75) is 58.6 Å². The Morgan fingerprint density at radius 2 is 1.69 bits per heavy atom. The Labute approximate surface area is 171 Å². The van der Waals surface area contributed by atoms with Crippen molar-refractivity contribution in [2.24, 2.45) is 0 Å². The van der Waals surface area contributed by atoms with Gasteiger partial charge in [0.2, 0.25) is 5.91 Å². The van der Waals surface area contributed by atoms with Crippen LogP contribution in [0.1, 0.15) is 46.1 Å². The van der Waals surface area contributed by atoms with E-state index < -0.39 is 29.6 Å². The first-order valence-corrected chi connectivity index (χ1v) is 9.59. The van der Waals surface area contributed by atoms with Gasteiger partial charge in [-0.25, -0.2) is 4.79 Å². The first-order chi connectivity index (χ1) is 13.6. The van der Waals surface area contributed by atoms with Crippen LogP contribution in [0, 0.1) is 0 Å². The molecule has 0 radical (unpaired) electrons. The van der Waals surface area contributed by atoms with E-state index in [0.29, 0.717) is 0 Å². The smallest absolute Gasteiger partial charge is 0.408 e. The summed E-state index contributed by atoms with van der Waals surface area (Å²) in [5, 5.41) is 5.07. The van der Waals surface area contributed by atoms with E-state index in [9.17, 15) is 19.2 Å². The number of ketones is 1. The Kier molecular flexibility index (Phi) is 9.85. The van der Waals surface area contributed by atoms with Gasteiger partial charge in [0, 0.05) is 12.8 Å². The van der Waals surface area contributed by atoms with E-state index in [2.05, 4.69) is 10.6 Å². The summed E-state index contributed by atoms with van der Waals surface area (Å²) in [6.45, 7) is 6.87. The second-order valence-electron chi connectivity index (χ2n) is 7.45. The molecule has 0 bridgehead atoms. The average molecular weight is 406 g/mol. The Balaban J connectivity index is 2.66. The van der Waals surface area contributed by atoms with Crippen LogP contribution < -0.4 is 10.6 Å². The maximum absolute atomic E-state index is 12.6. The summed E-state index contributed by atoms with van der Waals surface area (Å²) in [7, 11) is 0. The van der Waals surface area contributed by atoms with E-state index in [1.54, 1.807) is 27.7 Å². The number of hydrogen-bond acceptors (Lipinski definition) is 6. The van der Waals surface area contributed by atoms with Crippen LogP contribution in [0.4, 0.5) is 4.79 Å². The molecule has 1 atom stereocenters. The van der Waals surface area contributed by atoms with Gasteiger partial charge < -0.3 is 20.1 Å². The van der Waals surface area contributed by atoms with Crippen LogP contribution in [0.15, 0.2) is 30.3 Å². The Bertz CT molecular complexity index is 697. The molecular weight excluding hydrogens is 376 g/mol. The summed E-state index contributed by atoms with van der Waals surface area (Å²) >= 11 is 0. The monoisotopic (exact) mass is 406 g/mol. The van der Waals surface area contributed by atoms with Gasteiger partial charge in [-0.15, -0.1) is 0 Å². The summed E-state index contributed by atoms with van der Waals surface area (Å²) in [6, 6.07) is 8.27. The van der Waals surface area contributed by atoms with E-state index in [4.69, 9.17) is 9.47 Å². The molecule has 0 heterocycles. The number of esters is 1. The zero-order valence-corrected chi connectivity index (χ0v) is 17.4. The van der Waals surface area contributed by atoms with Gasteiger partial charge in [-0.2, -0.15) is 0 Å². The second kappa shape index (κ2) is 11.8. The molecule has 0 aliphatic carbocycles. The summed E-state index contributed by atoms with van der Waals surface area (Å²) in [5.41, 5.74) is 0.137. The van der Waals surface area contributed by atoms with E-state index in [-0.39, 0.29) is 38.2 Å². The number of hydrogen-bond donors (Lipinski definition) is 2. The van der Waals surface area contributed by atoms with Gasteiger partial charge in [-0.1, -0.05) is 30.3 Å². The van der Waals surface area contributed by atoms with Crippen molar-refractivity contribution in [3.63, 3.8) is 0 Å². The van der Waals surface area contributed by atoms with Crippen molar-refractivity contribution < 1.29 is 28.7 Å². The topological polar surface area (TPSA) is 111 Å². The third-order valence-electron chi connectivity index (χ3n) is 3.66. The molecule has 1 rings (SSSR count). The molecule has 0 saturated heterocycles. The minimum Gasteiger partial charge on any atom is -0.466 e. The number of nitrogens with one attached hydrogen (secondary N) is 2. The number of rotatable bonds is 10. The van der Waals surface area contributed by atoms with Crippen LogP contribution in [0.5, 0.6) is 0 Å². The predicted octanol–water partition coefficient (Wildman–Crippen LogP) is 2.15. The molecule has 29 heavy (non-hydrogen) atoms. The minimum absolute atomic E-state index is 0.0258. The largest absolute Gasteiger partial charge is 0.466 e. The van der Waals surface area contributed by atoms with Gasteiger partial charge in [0.05, 0.1) is 19.6 Å². The molecule has 160 valence electrons. The van der Waals surface area contributed by atoms with Crippen LogP contribution >= 0.6 is 0 Å². The van der Waals surface area contributed by atoms with Crippen LogP contribution in [0.2, 0.25) is 0 Å². The molecule has 0 unspecified atom stereocenters. The lowest BCUT2D eigenvalue weighted by Crippen LogP contribution is -2.50. The highest BCUT2D eigenvalue weighted by atomic mass is 16.6. The first kappa shape index (κ1) is 24.1. The van der Waals surface area contributed by atoms with Crippen molar-refractivity contribution in [1.29, 1.82) is 0 Å². The molecule has 0 aromatic heterocycles. The van der Waals surface area contributed by atoms with Crippen LogP contribution in [-0.4, -0.2) is 48.5 Å². The fourth-order valence-corrected chi connectivity index (χ4v) is 2.38. The highest BCUT2D eigenvalue weighted by Gasteiger charge is 2.25. The molecule has 0 aliphatic rings. The molecule has 0 aliphatic heterocycles. The fraction of sp³-hybridized carbons (Fsp3) is 0.524. The van der Waals surface area contributed by atoms with Gasteiger partial charge in [-0.3, -0.25) is 14.4 Å². The predicted molar refractivity (Wildman–Crippen MR) is 107 cm³/mol. The summed E-state index contributed by atoms with van der Waals surface area (Å²) < 4.78 is 9.99. The zero-order valence-electron chi connectivity index (χ0n) is 17.4. The fourth-order valence-electron chi connectivity index (χ4n) is 2.38. The highest BCUT2D eigenvalue weighted by Crippen LogP contribution is 2.09. The molecule has 8 heteroatoms. The lowest BCUT2D eigenvalue weighted by Gasteiger charge is -2.23. The standard InChI is InChI=1S/C21H30N2O6/c1-5-28-18(25)12-11-16(24)14-22-19(26)17(13-15-9-7-6-8-10-15)23-20(27)29-21(2,3)4/h6-10,17H,5,11-14H2,1-4H3,(H,22,26)(H,23,27)/t17-/m0/s1. The van der Waals surface area contributed by atoms with Crippen molar-refractivity contribution in [3.8, 4) is 0 Å². The highest BCUT2D eigenvalue weighted by molar-refractivity contribution is 5.91. The molecule has 8 nitrogen and oxygen atoms in total. The van der Waals surface area contributed by atoms with E-state index in [1.807, 2.05) is 30.3 Å². The van der Waals surface area contributed by atoms with Gasteiger partial charge in [0.25, 0.3) is 0 Å². The van der Waals surface area contributed by atoms with E-state index in [1.165, 1.54) is 0 Å². The number of carbonyl (C=O) groups is 4. The number of amides is 2. The van der Waals surface area contributed by atoms with Crippen molar-refractivity contribution in [2.75, 3.05) is 13.2 Å². The van der Waals surface area contributed by atoms with Crippen molar-refractivity contribution >= 4 is 23.8 Å². The zero-order chi connectivity index (χ0) is 21.9. The molecule has 0 fully saturated rings. The van der Waals surface area contributed by atoms with Crippen LogP contribution in [0.25, 0.3) is 0 Å². The quantitative estimate of drug-likeness (QED) is 0.576. The third-order valence-corrected chi connectivity index (χ3v) is 3.66. The van der Waals surface area contributed by atoms with Crippen LogP contribution in [-0.2, 0) is 30.3 Å². The number of benzene rings is 1. The normalized spacial score (nSPS) is 11.9. The summed E-state index contributed by atoms with van der Waals surface area (Å²) in [5.74, 6) is -1.27. The maximum atomic E-state index is 12.6. The number of Topliss-reactive ketones (excluding diaryl/α,β-unsaturated/α-hetero) is 1. The van der Waals surface area contributed by atoms with Gasteiger partial charge >= 0.3 is 12.1 Å². The molecular formula is C21H30N2O6. The molecule has 2 N–H and O–H groups in total. The minimum atomic E-state index is -0.912. The van der Waals surface area contributed by atoms with Gasteiger partial charge in [-0.05, 0) is 33.3 Å². The average Bonchev–Trinajstić information content (AvgIpc) is 2.63. The SMILES string of the molecule is CCOC(=O)CCC(=O)CNC(=O)[C@H](Cc1ccccc1)NC(=O)OC(C)(C)C. The Morgan fingerprint density at radius 3 is 2.28 bits per heavy atom. The Morgan fingerprint density at radius 1 is 1.03 bits per heavy atom. The number of carbonyl (C=O) groups excluding carboxylic acids is 4. The number of alkyl carbamates (subject to hydrolysis) is 1. The molecule has 1 aromatic carbocycles. The molecule has 0 saturated carbocycles. The lowest BCUT2D eigenvalue weighted by molar-refractivity contribution is -0.144. The van der Waals surface area contributed by atoms with E-state index in [0.717, 1.165) is 5.56 Å². The number of ether oxygens (including phenoxy) is 2. The van der Waals surface area contributed by atoms with Crippen LogP contribution in [0.3, 0.4) is 0 Å². The van der Waals surface area contributed by atoms with Crippen molar-refractivity contribution in [3.05, 3.63) is 35.9 Å². The molecule has 2 amide bonds. The van der Waals surface area contributed by atoms with Gasteiger partial charge in [0.15, 0.2) is 5.78 Å². The van der Waals surface area contributed by atoms with E-state index >= 15 is 0 Å². The molecule has 1 aromatic rings. The van der Waals surface area contributed by atoms with Gasteiger partial charge in [0.1, 0.15) is 11.6 Å². The third kappa shape index (κ3) is 10.9. The maximum Gasteiger partial charge on any atom is 0.408 e. The van der Waals surface area contributed by atoms with Crippen molar-refractivity contribution in [1.82, 2.24) is 10.6 Å². The summed E-state index contributed by atoms with van der Waals surface area (Å²) in [4.78, 5) is 47.9.